The lowest BCUT2D eigenvalue weighted by molar-refractivity contribution is 0.102. The molecule has 0 aromatic heterocycles. The molecule has 1 rings (SSSR count). The van der Waals surface area contributed by atoms with Crippen LogP contribution in [0.5, 0.6) is 0 Å². The molecule has 1 saturated carbocycles. The van der Waals surface area contributed by atoms with Crippen molar-refractivity contribution < 1.29 is 12.0 Å². The maximum atomic E-state index is 8.52. The highest BCUT2D eigenvalue weighted by atomic mass is 16.3. The van der Waals surface area contributed by atoms with Crippen LogP contribution in [-0.4, -0.2) is 16.2 Å². The first kappa shape index (κ1) is 16.5. The highest BCUT2D eigenvalue weighted by Gasteiger charge is 1.97. The fourth-order valence-corrected chi connectivity index (χ4v) is 0. The molecule has 0 heterocycles. The minimum absolute atomic E-state index is 0. The molecule has 0 saturated heterocycles. The molecule has 3 heteroatoms. The van der Waals surface area contributed by atoms with Gasteiger partial charge in [-0.05, 0) is 20.8 Å². The van der Waals surface area contributed by atoms with Crippen molar-refractivity contribution >= 4 is 0 Å². The van der Waals surface area contributed by atoms with E-state index in [4.69, 9.17) is 5.11 Å². The fraction of sp³-hybridized carbons (Fsp3) is 1.00. The van der Waals surface area contributed by atoms with Crippen LogP contribution in [0.25, 0.3) is 0 Å². The van der Waals surface area contributed by atoms with Gasteiger partial charge in [-0.25, -0.2) is 0 Å². The van der Waals surface area contributed by atoms with Crippen molar-refractivity contribution in [1.29, 1.82) is 0 Å². The van der Waals surface area contributed by atoms with Crippen molar-refractivity contribution in [3.63, 3.8) is 0 Å². The lowest BCUT2D eigenvalue weighted by Crippen LogP contribution is -2.10. The summed E-state index contributed by atoms with van der Waals surface area (Å²) in [6, 6.07) is 0. The van der Waals surface area contributed by atoms with Gasteiger partial charge in [-0.1, -0.05) is 19.3 Å². The third kappa shape index (κ3) is 482. The normalized spacial score (nSPS) is 13.2. The summed E-state index contributed by atoms with van der Waals surface area (Å²) in [5.74, 6) is 0. The number of aliphatic hydroxyl groups is 1. The Kier molecular flexibility index (Phi) is 11.5. The summed E-state index contributed by atoms with van der Waals surface area (Å²) in [6.07, 6.45) is 4.50. The molecule has 0 aromatic carbocycles. The van der Waals surface area contributed by atoms with E-state index in [1.807, 2.05) is 0 Å². The third-order valence-corrected chi connectivity index (χ3v) is 0.354. The van der Waals surface area contributed by atoms with Gasteiger partial charge in [-0.2, -0.15) is 0 Å². The van der Waals surface area contributed by atoms with E-state index in [1.54, 1.807) is 20.8 Å². The highest BCUT2D eigenvalue weighted by Crippen LogP contribution is 2.14. The van der Waals surface area contributed by atoms with E-state index < -0.39 is 5.60 Å². The molecule has 0 aromatic rings. The molecule has 0 aliphatic heterocycles. The summed E-state index contributed by atoms with van der Waals surface area (Å²) in [5.41, 5.74) is -0.500. The topological polar surface area (TPSA) is 86.7 Å². The Bertz CT molecular complexity index is 53.2. The van der Waals surface area contributed by atoms with Gasteiger partial charge in [0, 0.05) is 1.43 Å². The van der Waals surface area contributed by atoms with Crippen LogP contribution in [0.2, 0.25) is 0 Å². The zero-order valence-electron chi connectivity index (χ0n) is 7.28. The molecule has 0 bridgehead atoms. The Balaban J connectivity index is -0.0000000365. The standard InChI is InChI=1S/C4H10O.C3H6.H3N.H2O.H2/c1-4(2,3)5;1-2-3-1;;;/h5H,1-3H3;1-3H2;1H3;1H2;1H. The van der Waals surface area contributed by atoms with Gasteiger partial charge >= 0.3 is 0 Å². The van der Waals surface area contributed by atoms with Gasteiger partial charge in [0.1, 0.15) is 0 Å². The van der Waals surface area contributed by atoms with Crippen molar-refractivity contribution in [3.8, 4) is 0 Å². The lowest BCUT2D eigenvalue weighted by Gasteiger charge is -2.04. The molecule has 1 fully saturated rings. The average Bonchev–Trinajstić information content (AvgIpc) is 1.95. The van der Waals surface area contributed by atoms with Crippen molar-refractivity contribution in [2.24, 2.45) is 0 Å². The second kappa shape index (κ2) is 6.99. The van der Waals surface area contributed by atoms with Crippen molar-refractivity contribution in [2.75, 3.05) is 0 Å². The summed E-state index contributed by atoms with van der Waals surface area (Å²) >= 11 is 0. The summed E-state index contributed by atoms with van der Waals surface area (Å²) in [7, 11) is 0. The van der Waals surface area contributed by atoms with Gasteiger partial charge in [-0.3, -0.25) is 0 Å². The van der Waals surface area contributed by atoms with Gasteiger partial charge in [0.2, 0.25) is 0 Å². The molecule has 0 unspecified atom stereocenters. The smallest absolute Gasteiger partial charge is 0.0563 e. The van der Waals surface area contributed by atoms with Gasteiger partial charge < -0.3 is 16.7 Å². The van der Waals surface area contributed by atoms with Crippen LogP contribution in [0.4, 0.5) is 0 Å². The predicted octanol–water partition coefficient (Wildman–Crippen LogP) is 1.53. The average molecular weight is 153 g/mol. The van der Waals surface area contributed by atoms with E-state index in [-0.39, 0.29) is 13.1 Å². The Labute approximate surface area is 64.8 Å². The predicted molar refractivity (Wildman–Crippen MR) is 46.6 cm³/mol. The summed E-state index contributed by atoms with van der Waals surface area (Å²) in [6.45, 7) is 5.23. The van der Waals surface area contributed by atoms with Crippen LogP contribution >= 0.6 is 0 Å². The first-order valence-corrected chi connectivity index (χ1v) is 3.22. The summed E-state index contributed by atoms with van der Waals surface area (Å²) in [4.78, 5) is 0. The van der Waals surface area contributed by atoms with E-state index in [0.29, 0.717) is 0 Å². The minimum atomic E-state index is -0.500. The quantitative estimate of drug-likeness (QED) is 0.553. The molecule has 68 valence electrons. The van der Waals surface area contributed by atoms with Crippen LogP contribution in [0.15, 0.2) is 0 Å². The van der Waals surface area contributed by atoms with E-state index >= 15 is 0 Å². The molecule has 10 heavy (non-hydrogen) atoms. The Morgan fingerprint density at radius 3 is 1.20 bits per heavy atom. The zero-order valence-corrected chi connectivity index (χ0v) is 7.28. The minimum Gasteiger partial charge on any atom is -0.412 e. The van der Waals surface area contributed by atoms with Gasteiger partial charge in [0.05, 0.1) is 5.60 Å². The molecule has 0 radical (unpaired) electrons. The monoisotopic (exact) mass is 153 g/mol. The van der Waals surface area contributed by atoms with Crippen LogP contribution in [0.3, 0.4) is 0 Å². The Morgan fingerprint density at radius 1 is 1.10 bits per heavy atom. The molecule has 0 amide bonds. The van der Waals surface area contributed by atoms with Gasteiger partial charge in [0.15, 0.2) is 0 Å². The van der Waals surface area contributed by atoms with Crippen molar-refractivity contribution in [3.05, 3.63) is 0 Å². The fourth-order valence-electron chi connectivity index (χ4n) is 0. The van der Waals surface area contributed by atoms with E-state index in [2.05, 4.69) is 0 Å². The maximum Gasteiger partial charge on any atom is 0.0563 e. The third-order valence-electron chi connectivity index (χ3n) is 0.354. The van der Waals surface area contributed by atoms with E-state index in [9.17, 15) is 0 Å². The second-order valence-corrected chi connectivity index (χ2v) is 3.23. The van der Waals surface area contributed by atoms with Crippen LogP contribution < -0.4 is 6.15 Å². The number of hydrogen-bond donors (Lipinski definition) is 2. The summed E-state index contributed by atoms with van der Waals surface area (Å²) in [5, 5.41) is 8.52. The molecular formula is C7H23NO2. The molecule has 6 N–H and O–H groups in total. The van der Waals surface area contributed by atoms with Crippen molar-refractivity contribution in [1.82, 2.24) is 6.15 Å². The van der Waals surface area contributed by atoms with Crippen LogP contribution in [-0.2, 0) is 0 Å². The second-order valence-electron chi connectivity index (χ2n) is 3.23. The molecule has 1 aliphatic carbocycles. The Morgan fingerprint density at radius 2 is 1.20 bits per heavy atom. The van der Waals surface area contributed by atoms with Crippen LogP contribution in [0, 0.1) is 0 Å². The Hall–Kier alpha value is -0.120. The summed E-state index contributed by atoms with van der Waals surface area (Å²) < 4.78 is 0. The zero-order chi connectivity index (χ0) is 6.62. The van der Waals surface area contributed by atoms with E-state index in [1.165, 1.54) is 19.3 Å². The lowest BCUT2D eigenvalue weighted by atomic mass is 10.2. The molecular weight excluding hydrogens is 130 g/mol. The molecule has 3 nitrogen and oxygen atoms in total. The first-order chi connectivity index (χ1) is 3.50. The molecule has 0 spiro atoms. The molecule has 0 atom stereocenters. The number of rotatable bonds is 0. The molecule has 1 aliphatic rings. The SMILES string of the molecule is C1CC1.CC(C)(C)O.N.O.[HH]. The maximum absolute atomic E-state index is 8.52. The first-order valence-electron chi connectivity index (χ1n) is 3.22. The number of hydrogen-bond acceptors (Lipinski definition) is 2. The van der Waals surface area contributed by atoms with Gasteiger partial charge in [-0.15, -0.1) is 0 Å². The largest absolute Gasteiger partial charge is 0.412 e. The van der Waals surface area contributed by atoms with Crippen molar-refractivity contribution in [2.45, 2.75) is 45.6 Å². The van der Waals surface area contributed by atoms with E-state index in [0.717, 1.165) is 0 Å². The van der Waals surface area contributed by atoms with Crippen LogP contribution in [0.1, 0.15) is 41.5 Å². The van der Waals surface area contributed by atoms with Gasteiger partial charge in [0.25, 0.3) is 0 Å². The highest BCUT2D eigenvalue weighted by molar-refractivity contribution is 4.51.